The number of Topliss-reactive ketones (excluding diaryl/α,β-unsaturated/α-hetero) is 1. The van der Waals surface area contributed by atoms with Gasteiger partial charge in [-0.3, -0.25) is 4.79 Å². The molecule has 1 aromatic carbocycles. The van der Waals surface area contributed by atoms with E-state index in [-0.39, 0.29) is 5.78 Å². The van der Waals surface area contributed by atoms with Gasteiger partial charge in [0.2, 0.25) is 0 Å². The van der Waals surface area contributed by atoms with Gasteiger partial charge in [0, 0.05) is 24.4 Å². The zero-order chi connectivity index (χ0) is 16.5. The van der Waals surface area contributed by atoms with Crippen molar-refractivity contribution in [2.45, 2.75) is 39.0 Å². The Morgan fingerprint density at radius 1 is 1.22 bits per heavy atom. The average molecular weight is 329 g/mol. The number of hydrogen-bond donors (Lipinski definition) is 0. The summed E-state index contributed by atoms with van der Waals surface area (Å²) in [5.74, 6) is 1.05. The van der Waals surface area contributed by atoms with Gasteiger partial charge >= 0.3 is 0 Å². The van der Waals surface area contributed by atoms with Crippen molar-refractivity contribution < 1.29 is 9.53 Å². The molecular weight excluding hydrogens is 306 g/mol. The fourth-order valence-electron chi connectivity index (χ4n) is 2.18. The fourth-order valence-corrected chi connectivity index (χ4v) is 2.78. The number of hydrogen-bond acceptors (Lipinski definition) is 4. The van der Waals surface area contributed by atoms with Crippen molar-refractivity contribution in [3.05, 3.63) is 58.6 Å². The first kappa shape index (κ1) is 17.4. The molecule has 0 saturated heterocycles. The molecule has 23 heavy (non-hydrogen) atoms. The number of rotatable bonds is 10. The van der Waals surface area contributed by atoms with Gasteiger partial charge in [-0.05, 0) is 43.9 Å². The number of unbranched alkanes of at least 4 members (excludes halogenated alkanes) is 1. The second-order valence-corrected chi connectivity index (χ2v) is 6.56. The topological polar surface area (TPSA) is 39.2 Å². The highest BCUT2D eigenvalue weighted by Crippen LogP contribution is 2.16. The maximum Gasteiger partial charge on any atom is 0.191 e. The zero-order valence-corrected chi connectivity index (χ0v) is 14.4. The second kappa shape index (κ2) is 9.26. The number of carbonyl (C=O) groups is 1. The SMILES string of the molecule is C=C(C)CCOc1ccc(CCCCC(=O)c2nccs2)cc1. The van der Waals surface area contributed by atoms with E-state index in [1.165, 1.54) is 16.9 Å². The smallest absolute Gasteiger partial charge is 0.191 e. The van der Waals surface area contributed by atoms with E-state index in [2.05, 4.69) is 23.7 Å². The van der Waals surface area contributed by atoms with E-state index in [0.717, 1.165) is 37.0 Å². The van der Waals surface area contributed by atoms with Crippen LogP contribution in [0.2, 0.25) is 0 Å². The summed E-state index contributed by atoms with van der Waals surface area (Å²) < 4.78 is 5.66. The average Bonchev–Trinajstić information content (AvgIpc) is 3.07. The van der Waals surface area contributed by atoms with Gasteiger partial charge in [-0.1, -0.05) is 17.7 Å². The highest BCUT2D eigenvalue weighted by molar-refractivity contribution is 7.11. The van der Waals surface area contributed by atoms with Crippen molar-refractivity contribution in [3.8, 4) is 5.75 Å². The van der Waals surface area contributed by atoms with Crippen LogP contribution < -0.4 is 4.74 Å². The van der Waals surface area contributed by atoms with Gasteiger partial charge in [0.1, 0.15) is 5.75 Å². The molecule has 0 N–H and O–H groups in total. The molecule has 4 heteroatoms. The molecule has 0 aliphatic heterocycles. The quantitative estimate of drug-likeness (QED) is 0.346. The van der Waals surface area contributed by atoms with Crippen molar-refractivity contribution >= 4 is 17.1 Å². The molecule has 3 nitrogen and oxygen atoms in total. The number of aromatic nitrogens is 1. The Morgan fingerprint density at radius 3 is 2.65 bits per heavy atom. The summed E-state index contributed by atoms with van der Waals surface area (Å²) >= 11 is 1.42. The molecule has 2 aromatic rings. The van der Waals surface area contributed by atoms with E-state index in [0.29, 0.717) is 18.0 Å². The summed E-state index contributed by atoms with van der Waals surface area (Å²) in [5, 5.41) is 2.47. The van der Waals surface area contributed by atoms with Crippen LogP contribution in [0.15, 0.2) is 48.0 Å². The summed E-state index contributed by atoms with van der Waals surface area (Å²) in [5.41, 5.74) is 2.41. The van der Waals surface area contributed by atoms with Gasteiger partial charge in [-0.25, -0.2) is 4.98 Å². The number of carbonyl (C=O) groups excluding carboxylic acids is 1. The number of aryl methyl sites for hydroxylation is 1. The second-order valence-electron chi connectivity index (χ2n) is 5.67. The molecule has 0 spiro atoms. The predicted octanol–water partition coefficient (Wildman–Crippen LogP) is 5.08. The van der Waals surface area contributed by atoms with Crippen LogP contribution in [0.3, 0.4) is 0 Å². The number of thiazole rings is 1. The van der Waals surface area contributed by atoms with Crippen LogP contribution in [0, 0.1) is 0 Å². The van der Waals surface area contributed by atoms with Gasteiger partial charge in [0.05, 0.1) is 6.61 Å². The van der Waals surface area contributed by atoms with E-state index in [1.54, 1.807) is 6.20 Å². The first-order chi connectivity index (χ1) is 11.1. The Morgan fingerprint density at radius 2 is 2.00 bits per heavy atom. The monoisotopic (exact) mass is 329 g/mol. The Labute approximate surface area is 142 Å². The van der Waals surface area contributed by atoms with E-state index in [9.17, 15) is 4.79 Å². The normalized spacial score (nSPS) is 10.5. The zero-order valence-electron chi connectivity index (χ0n) is 13.6. The molecule has 0 amide bonds. The Balaban J connectivity index is 1.66. The standard InChI is InChI=1S/C19H23NO2S/c1-15(2)11-13-22-17-9-7-16(8-10-17)5-3-4-6-18(21)19-20-12-14-23-19/h7-10,12,14H,1,3-6,11,13H2,2H3. The maximum absolute atomic E-state index is 11.8. The number of ketones is 1. The largest absolute Gasteiger partial charge is 0.493 e. The minimum Gasteiger partial charge on any atom is -0.493 e. The molecule has 2 rings (SSSR count). The molecule has 0 atom stereocenters. The third kappa shape index (κ3) is 6.37. The van der Waals surface area contributed by atoms with E-state index in [1.807, 2.05) is 24.4 Å². The van der Waals surface area contributed by atoms with Gasteiger partial charge in [-0.2, -0.15) is 0 Å². The van der Waals surface area contributed by atoms with E-state index < -0.39 is 0 Å². The lowest BCUT2D eigenvalue weighted by Gasteiger charge is -2.07. The van der Waals surface area contributed by atoms with Crippen LogP contribution in [0.1, 0.15) is 48.0 Å². The molecule has 0 fully saturated rings. The van der Waals surface area contributed by atoms with Gasteiger partial charge in [0.25, 0.3) is 0 Å². The van der Waals surface area contributed by atoms with Crippen molar-refractivity contribution in [2.75, 3.05) is 6.61 Å². The lowest BCUT2D eigenvalue weighted by Crippen LogP contribution is -1.99. The van der Waals surface area contributed by atoms with Crippen molar-refractivity contribution in [1.82, 2.24) is 4.98 Å². The molecule has 0 unspecified atom stereocenters. The minimum atomic E-state index is 0.154. The minimum absolute atomic E-state index is 0.154. The highest BCUT2D eigenvalue weighted by Gasteiger charge is 2.07. The summed E-state index contributed by atoms with van der Waals surface area (Å²) in [6.45, 7) is 6.54. The predicted molar refractivity (Wildman–Crippen MR) is 95.4 cm³/mol. The van der Waals surface area contributed by atoms with Crippen molar-refractivity contribution in [3.63, 3.8) is 0 Å². The van der Waals surface area contributed by atoms with Crippen LogP contribution in [-0.2, 0) is 6.42 Å². The third-order valence-electron chi connectivity index (χ3n) is 3.51. The highest BCUT2D eigenvalue weighted by atomic mass is 32.1. The van der Waals surface area contributed by atoms with Crippen molar-refractivity contribution in [2.24, 2.45) is 0 Å². The first-order valence-electron chi connectivity index (χ1n) is 7.94. The Hall–Kier alpha value is -1.94. The first-order valence-corrected chi connectivity index (χ1v) is 8.82. The molecule has 1 aromatic heterocycles. The van der Waals surface area contributed by atoms with Crippen LogP contribution in [0.5, 0.6) is 5.75 Å². The van der Waals surface area contributed by atoms with Gasteiger partial charge in [0.15, 0.2) is 10.8 Å². The summed E-state index contributed by atoms with van der Waals surface area (Å²) in [4.78, 5) is 15.9. The number of ether oxygens (including phenoxy) is 1. The molecule has 1 heterocycles. The summed E-state index contributed by atoms with van der Waals surface area (Å²) in [6.07, 6.45) is 6.03. The van der Waals surface area contributed by atoms with Crippen molar-refractivity contribution in [1.29, 1.82) is 0 Å². The molecular formula is C19H23NO2S. The van der Waals surface area contributed by atoms with E-state index >= 15 is 0 Å². The summed E-state index contributed by atoms with van der Waals surface area (Å²) in [6, 6.07) is 8.21. The number of benzene rings is 1. The van der Waals surface area contributed by atoms with Crippen LogP contribution in [0.4, 0.5) is 0 Å². The molecule has 0 aliphatic rings. The molecule has 0 bridgehead atoms. The molecule has 0 aliphatic carbocycles. The fraction of sp³-hybridized carbons (Fsp3) is 0.368. The van der Waals surface area contributed by atoms with Gasteiger partial charge in [-0.15, -0.1) is 17.9 Å². The van der Waals surface area contributed by atoms with Crippen LogP contribution in [-0.4, -0.2) is 17.4 Å². The lowest BCUT2D eigenvalue weighted by molar-refractivity contribution is 0.0979. The number of nitrogens with zero attached hydrogens (tertiary/aromatic N) is 1. The molecule has 0 radical (unpaired) electrons. The molecule has 122 valence electrons. The Kier molecular flexibility index (Phi) is 7.01. The summed E-state index contributed by atoms with van der Waals surface area (Å²) in [7, 11) is 0. The lowest BCUT2D eigenvalue weighted by atomic mass is 10.1. The Bertz CT molecular complexity index is 617. The van der Waals surface area contributed by atoms with E-state index in [4.69, 9.17) is 4.74 Å². The molecule has 0 saturated carbocycles. The van der Waals surface area contributed by atoms with Crippen LogP contribution in [0.25, 0.3) is 0 Å². The van der Waals surface area contributed by atoms with Crippen LogP contribution >= 0.6 is 11.3 Å². The maximum atomic E-state index is 11.8. The third-order valence-corrected chi connectivity index (χ3v) is 4.33. The van der Waals surface area contributed by atoms with Gasteiger partial charge < -0.3 is 4.74 Å².